The molecule has 166 valence electrons. The summed E-state index contributed by atoms with van der Waals surface area (Å²) in [5.74, 6) is 1.50. The first-order chi connectivity index (χ1) is 16.2. The van der Waals surface area contributed by atoms with Crippen LogP contribution in [0.15, 0.2) is 58.3 Å². The average molecular weight is 476 g/mol. The summed E-state index contributed by atoms with van der Waals surface area (Å²) < 4.78 is 7.48. The van der Waals surface area contributed by atoms with Gasteiger partial charge in [-0.15, -0.1) is 21.5 Å². The fourth-order valence-corrected chi connectivity index (χ4v) is 5.96. The molecule has 0 radical (unpaired) electrons. The summed E-state index contributed by atoms with van der Waals surface area (Å²) in [4.78, 5) is 14.0. The molecule has 0 aliphatic heterocycles. The molecule has 4 aromatic rings. The first-order valence-electron chi connectivity index (χ1n) is 10.7. The first kappa shape index (κ1) is 21.5. The Hall–Kier alpha value is -3.35. The second kappa shape index (κ2) is 9.65. The molecular formula is C24H21N5O2S2. The molecule has 0 unspecified atom stereocenters. The molecule has 0 bridgehead atoms. The lowest BCUT2D eigenvalue weighted by molar-refractivity contribution is -0.113. The Morgan fingerprint density at radius 3 is 2.82 bits per heavy atom. The van der Waals surface area contributed by atoms with Crippen LogP contribution in [0, 0.1) is 11.3 Å². The SMILES string of the molecule is N#Cc1c(NC(=O)CSc2nnc(-c3ccccc3)n2Cc2ccco2)sc2c1CCCC2. The number of nitrogens with one attached hydrogen (secondary N) is 1. The summed E-state index contributed by atoms with van der Waals surface area (Å²) >= 11 is 2.85. The highest BCUT2D eigenvalue weighted by Gasteiger charge is 2.22. The van der Waals surface area contributed by atoms with E-state index in [1.54, 1.807) is 6.26 Å². The van der Waals surface area contributed by atoms with Crippen molar-refractivity contribution in [3.05, 3.63) is 70.5 Å². The third-order valence-corrected chi connectivity index (χ3v) is 7.69. The number of anilines is 1. The Morgan fingerprint density at radius 2 is 2.03 bits per heavy atom. The third-order valence-electron chi connectivity index (χ3n) is 5.51. The average Bonchev–Trinajstić information content (AvgIpc) is 3.57. The molecule has 1 aliphatic rings. The third kappa shape index (κ3) is 4.58. The van der Waals surface area contributed by atoms with Gasteiger partial charge in [0.25, 0.3) is 0 Å². The van der Waals surface area contributed by atoms with Crippen LogP contribution in [0.1, 0.15) is 34.6 Å². The molecule has 0 atom stereocenters. The van der Waals surface area contributed by atoms with E-state index in [1.165, 1.54) is 28.0 Å². The van der Waals surface area contributed by atoms with Crippen molar-refractivity contribution in [1.82, 2.24) is 14.8 Å². The van der Waals surface area contributed by atoms with Gasteiger partial charge in [0, 0.05) is 10.4 Å². The van der Waals surface area contributed by atoms with Gasteiger partial charge >= 0.3 is 0 Å². The zero-order chi connectivity index (χ0) is 22.6. The number of thioether (sulfide) groups is 1. The van der Waals surface area contributed by atoms with Crippen LogP contribution in [0.25, 0.3) is 11.4 Å². The van der Waals surface area contributed by atoms with E-state index in [9.17, 15) is 10.1 Å². The Balaban J connectivity index is 1.33. The molecular weight excluding hydrogens is 454 g/mol. The molecule has 5 rings (SSSR count). The van der Waals surface area contributed by atoms with Gasteiger partial charge in [0.15, 0.2) is 11.0 Å². The van der Waals surface area contributed by atoms with E-state index >= 15 is 0 Å². The molecule has 1 aromatic carbocycles. The number of fused-ring (bicyclic) bond motifs is 1. The van der Waals surface area contributed by atoms with Crippen LogP contribution < -0.4 is 5.32 Å². The topological polar surface area (TPSA) is 96.7 Å². The fourth-order valence-electron chi connectivity index (χ4n) is 3.96. The smallest absolute Gasteiger partial charge is 0.235 e. The summed E-state index contributed by atoms with van der Waals surface area (Å²) in [6, 6.07) is 15.8. The summed E-state index contributed by atoms with van der Waals surface area (Å²) in [5.41, 5.74) is 2.68. The number of nitrogens with zero attached hydrogens (tertiary/aromatic N) is 4. The van der Waals surface area contributed by atoms with Crippen molar-refractivity contribution in [1.29, 1.82) is 5.26 Å². The van der Waals surface area contributed by atoms with E-state index in [0.717, 1.165) is 42.6 Å². The molecule has 3 heterocycles. The lowest BCUT2D eigenvalue weighted by atomic mass is 9.96. The number of hydrogen-bond acceptors (Lipinski definition) is 7. The summed E-state index contributed by atoms with van der Waals surface area (Å²) in [7, 11) is 0. The fraction of sp³-hybridized carbons (Fsp3) is 0.250. The predicted octanol–water partition coefficient (Wildman–Crippen LogP) is 5.13. The minimum atomic E-state index is -0.163. The van der Waals surface area contributed by atoms with Crippen molar-refractivity contribution >= 4 is 34.0 Å². The largest absolute Gasteiger partial charge is 0.467 e. The lowest BCUT2D eigenvalue weighted by Gasteiger charge is -2.09. The molecule has 33 heavy (non-hydrogen) atoms. The normalized spacial score (nSPS) is 12.8. The van der Waals surface area contributed by atoms with E-state index in [0.29, 0.717) is 28.1 Å². The quantitative estimate of drug-likeness (QED) is 0.372. The number of amides is 1. The first-order valence-corrected chi connectivity index (χ1v) is 12.5. The number of hydrogen-bond donors (Lipinski definition) is 1. The molecule has 1 N–H and O–H groups in total. The molecule has 3 aromatic heterocycles. The van der Waals surface area contributed by atoms with Gasteiger partial charge < -0.3 is 9.73 Å². The maximum Gasteiger partial charge on any atom is 0.235 e. The molecule has 9 heteroatoms. The van der Waals surface area contributed by atoms with Gasteiger partial charge in [0.2, 0.25) is 5.91 Å². The number of furan rings is 1. The van der Waals surface area contributed by atoms with Gasteiger partial charge in [-0.2, -0.15) is 5.26 Å². The van der Waals surface area contributed by atoms with E-state index in [1.807, 2.05) is 47.0 Å². The number of carbonyl (C=O) groups excluding carboxylic acids is 1. The van der Waals surface area contributed by atoms with E-state index < -0.39 is 0 Å². The van der Waals surface area contributed by atoms with Gasteiger partial charge in [-0.25, -0.2) is 0 Å². The summed E-state index contributed by atoms with van der Waals surface area (Å²) in [6.45, 7) is 0.463. The molecule has 7 nitrogen and oxygen atoms in total. The van der Waals surface area contributed by atoms with Crippen LogP contribution in [0.2, 0.25) is 0 Å². The summed E-state index contributed by atoms with van der Waals surface area (Å²) in [6.07, 6.45) is 5.76. The van der Waals surface area contributed by atoms with Crippen molar-refractivity contribution in [3.8, 4) is 17.5 Å². The van der Waals surface area contributed by atoms with Gasteiger partial charge in [-0.3, -0.25) is 9.36 Å². The van der Waals surface area contributed by atoms with Crippen molar-refractivity contribution < 1.29 is 9.21 Å². The Labute approximate surface area is 199 Å². The Kier molecular flexibility index (Phi) is 6.28. The van der Waals surface area contributed by atoms with Crippen LogP contribution in [0.5, 0.6) is 0 Å². The van der Waals surface area contributed by atoms with E-state index in [-0.39, 0.29) is 11.7 Å². The molecule has 1 amide bonds. The van der Waals surface area contributed by atoms with Crippen molar-refractivity contribution in [2.75, 3.05) is 11.1 Å². The maximum atomic E-state index is 12.8. The highest BCUT2D eigenvalue weighted by molar-refractivity contribution is 7.99. The van der Waals surface area contributed by atoms with Crippen LogP contribution in [-0.4, -0.2) is 26.4 Å². The van der Waals surface area contributed by atoms with Gasteiger partial charge in [-0.05, 0) is 43.4 Å². The van der Waals surface area contributed by atoms with Crippen LogP contribution in [0.4, 0.5) is 5.00 Å². The molecule has 0 saturated heterocycles. The second-order valence-corrected chi connectivity index (χ2v) is 9.75. The number of carbonyl (C=O) groups is 1. The van der Waals surface area contributed by atoms with Crippen molar-refractivity contribution in [2.24, 2.45) is 0 Å². The van der Waals surface area contributed by atoms with Gasteiger partial charge in [-0.1, -0.05) is 42.1 Å². The summed E-state index contributed by atoms with van der Waals surface area (Å²) in [5, 5.41) is 22.6. The van der Waals surface area contributed by atoms with E-state index in [2.05, 4.69) is 21.6 Å². The van der Waals surface area contributed by atoms with Gasteiger partial charge in [0.1, 0.15) is 16.8 Å². The molecule has 0 saturated carbocycles. The standard InChI is InChI=1S/C24H21N5O2S2/c25-13-19-18-10-4-5-11-20(18)33-23(19)26-21(30)15-32-24-28-27-22(16-7-2-1-3-8-16)29(24)14-17-9-6-12-31-17/h1-3,6-9,12H,4-5,10-11,14-15H2,(H,26,30). The van der Waals surface area contributed by atoms with E-state index in [4.69, 9.17) is 4.42 Å². The highest BCUT2D eigenvalue weighted by atomic mass is 32.2. The van der Waals surface area contributed by atoms with Crippen LogP contribution in [-0.2, 0) is 24.2 Å². The zero-order valence-corrected chi connectivity index (χ0v) is 19.4. The van der Waals surface area contributed by atoms with Crippen LogP contribution in [0.3, 0.4) is 0 Å². The number of thiophene rings is 1. The molecule has 0 fully saturated rings. The highest BCUT2D eigenvalue weighted by Crippen LogP contribution is 2.37. The lowest BCUT2D eigenvalue weighted by Crippen LogP contribution is -2.15. The number of aromatic nitrogens is 3. The minimum absolute atomic E-state index is 0.163. The number of aryl methyl sites for hydroxylation is 1. The number of benzene rings is 1. The predicted molar refractivity (Wildman–Crippen MR) is 128 cm³/mol. The zero-order valence-electron chi connectivity index (χ0n) is 17.8. The minimum Gasteiger partial charge on any atom is -0.467 e. The number of rotatable bonds is 7. The van der Waals surface area contributed by atoms with Crippen molar-refractivity contribution in [2.45, 2.75) is 37.4 Å². The Morgan fingerprint density at radius 1 is 1.18 bits per heavy atom. The monoisotopic (exact) mass is 475 g/mol. The molecule has 0 spiro atoms. The maximum absolute atomic E-state index is 12.8. The number of nitriles is 1. The molecule has 1 aliphatic carbocycles. The van der Waals surface area contributed by atoms with Crippen molar-refractivity contribution in [3.63, 3.8) is 0 Å². The Bertz CT molecular complexity index is 1300. The van der Waals surface area contributed by atoms with Crippen LogP contribution >= 0.6 is 23.1 Å². The second-order valence-electron chi connectivity index (χ2n) is 7.70. The van der Waals surface area contributed by atoms with Gasteiger partial charge in [0.05, 0.1) is 24.1 Å².